The van der Waals surface area contributed by atoms with Crippen LogP contribution >= 0.6 is 24.0 Å². The van der Waals surface area contributed by atoms with E-state index in [0.717, 1.165) is 32.6 Å². The van der Waals surface area contributed by atoms with Crippen LogP contribution in [0.2, 0.25) is 0 Å². The molecular weight excluding hydrogens is 411 g/mol. The van der Waals surface area contributed by atoms with Crippen molar-refractivity contribution in [1.29, 1.82) is 0 Å². The van der Waals surface area contributed by atoms with E-state index in [0.29, 0.717) is 17.9 Å². The summed E-state index contributed by atoms with van der Waals surface area (Å²) in [4.78, 5) is 7.14. The monoisotopic (exact) mass is 444 g/mol. The van der Waals surface area contributed by atoms with Crippen molar-refractivity contribution in [3.63, 3.8) is 0 Å². The fraction of sp³-hybridized carbons (Fsp3) is 0.632. The van der Waals surface area contributed by atoms with Crippen molar-refractivity contribution in [2.24, 2.45) is 16.6 Å². The van der Waals surface area contributed by atoms with Crippen LogP contribution in [0.5, 0.6) is 0 Å². The van der Waals surface area contributed by atoms with Gasteiger partial charge in [-0.1, -0.05) is 43.7 Å². The lowest BCUT2D eigenvalue weighted by Gasteiger charge is -2.27. The second kappa shape index (κ2) is 10.9. The quantitative estimate of drug-likeness (QED) is 0.383. The zero-order chi connectivity index (χ0) is 16.7. The zero-order valence-corrected chi connectivity index (χ0v) is 17.6. The Labute approximate surface area is 164 Å². The zero-order valence-electron chi connectivity index (χ0n) is 15.3. The van der Waals surface area contributed by atoms with E-state index in [9.17, 15) is 0 Å². The second-order valence-corrected chi connectivity index (χ2v) is 7.00. The average molecular weight is 444 g/mol. The predicted molar refractivity (Wildman–Crippen MR) is 114 cm³/mol. The molecule has 1 aromatic carbocycles. The number of likely N-dealkylation sites (tertiary alicyclic amines) is 1. The standard InChI is InChI=1S/C19H32N4.HI/c1-15(2)10-11-21-19(20)22-14-18(23-12-4-5-13-23)17-8-6-16(3)7-9-17;/h6-9,15,18H,4-5,10-14H2,1-3H3,(H3,20,21,22);1H. The fourth-order valence-corrected chi connectivity index (χ4v) is 3.00. The van der Waals surface area contributed by atoms with Crippen molar-refractivity contribution in [1.82, 2.24) is 10.2 Å². The molecule has 1 heterocycles. The molecule has 1 atom stereocenters. The van der Waals surface area contributed by atoms with Gasteiger partial charge in [0.1, 0.15) is 0 Å². The van der Waals surface area contributed by atoms with Gasteiger partial charge in [0.05, 0.1) is 12.6 Å². The Kier molecular flexibility index (Phi) is 9.66. The summed E-state index contributed by atoms with van der Waals surface area (Å²) in [6, 6.07) is 9.18. The summed E-state index contributed by atoms with van der Waals surface area (Å²) in [7, 11) is 0. The van der Waals surface area contributed by atoms with E-state index in [1.54, 1.807) is 0 Å². The van der Waals surface area contributed by atoms with Gasteiger partial charge >= 0.3 is 0 Å². The molecule has 1 fully saturated rings. The van der Waals surface area contributed by atoms with Crippen LogP contribution in [0.15, 0.2) is 29.3 Å². The Morgan fingerprint density at radius 1 is 1.21 bits per heavy atom. The third-order valence-electron chi connectivity index (χ3n) is 4.51. The molecule has 24 heavy (non-hydrogen) atoms. The first kappa shape index (κ1) is 21.2. The minimum Gasteiger partial charge on any atom is -0.370 e. The maximum atomic E-state index is 6.03. The number of aryl methyl sites for hydroxylation is 1. The first-order valence-corrected chi connectivity index (χ1v) is 8.90. The number of nitrogens with two attached hydrogens (primary N) is 1. The van der Waals surface area contributed by atoms with Crippen molar-refractivity contribution in [3.8, 4) is 0 Å². The van der Waals surface area contributed by atoms with Crippen LogP contribution in [0.4, 0.5) is 0 Å². The third-order valence-corrected chi connectivity index (χ3v) is 4.51. The molecule has 0 aliphatic carbocycles. The van der Waals surface area contributed by atoms with Gasteiger partial charge in [0, 0.05) is 6.54 Å². The maximum absolute atomic E-state index is 6.03. The molecule has 5 heteroatoms. The molecule has 0 bridgehead atoms. The van der Waals surface area contributed by atoms with E-state index in [4.69, 9.17) is 5.73 Å². The first-order valence-electron chi connectivity index (χ1n) is 8.90. The van der Waals surface area contributed by atoms with Crippen LogP contribution in [0.3, 0.4) is 0 Å². The average Bonchev–Trinajstić information content (AvgIpc) is 3.03. The lowest BCUT2D eigenvalue weighted by atomic mass is 10.0. The molecule has 0 radical (unpaired) electrons. The topological polar surface area (TPSA) is 53.6 Å². The number of guanidine groups is 1. The van der Waals surface area contributed by atoms with Gasteiger partial charge in [0.2, 0.25) is 0 Å². The van der Waals surface area contributed by atoms with Gasteiger partial charge in [-0.3, -0.25) is 9.89 Å². The SMILES string of the molecule is Cc1ccc(C(CN=C(N)NCCC(C)C)N2CCCC2)cc1.I. The maximum Gasteiger partial charge on any atom is 0.188 e. The number of halogens is 1. The number of aliphatic imine (C=N–C) groups is 1. The van der Waals surface area contributed by atoms with Crippen molar-refractivity contribution in [3.05, 3.63) is 35.4 Å². The molecule has 0 saturated carbocycles. The van der Waals surface area contributed by atoms with Gasteiger partial charge in [-0.15, -0.1) is 24.0 Å². The Morgan fingerprint density at radius 2 is 1.83 bits per heavy atom. The minimum absolute atomic E-state index is 0. The van der Waals surface area contributed by atoms with Crippen LogP contribution < -0.4 is 11.1 Å². The lowest BCUT2D eigenvalue weighted by molar-refractivity contribution is 0.251. The van der Waals surface area contributed by atoms with Crippen LogP contribution in [-0.4, -0.2) is 37.0 Å². The minimum atomic E-state index is 0. The van der Waals surface area contributed by atoms with Crippen molar-refractivity contribution in [2.45, 2.75) is 46.1 Å². The van der Waals surface area contributed by atoms with E-state index in [1.165, 1.54) is 24.0 Å². The predicted octanol–water partition coefficient (Wildman–Crippen LogP) is 3.70. The van der Waals surface area contributed by atoms with Crippen LogP contribution in [0.25, 0.3) is 0 Å². The van der Waals surface area contributed by atoms with Gasteiger partial charge in [0.25, 0.3) is 0 Å². The highest BCUT2D eigenvalue weighted by atomic mass is 127. The number of rotatable bonds is 7. The molecule has 1 unspecified atom stereocenters. The fourth-order valence-electron chi connectivity index (χ4n) is 3.00. The normalized spacial score (nSPS) is 16.9. The third kappa shape index (κ3) is 6.97. The summed E-state index contributed by atoms with van der Waals surface area (Å²) in [5, 5.41) is 3.23. The summed E-state index contributed by atoms with van der Waals surface area (Å²) >= 11 is 0. The molecular formula is C19H33IN4. The Bertz CT molecular complexity index is 493. The number of benzene rings is 1. The van der Waals surface area contributed by atoms with Crippen LogP contribution in [0, 0.1) is 12.8 Å². The van der Waals surface area contributed by atoms with Gasteiger partial charge in [-0.05, 0) is 50.8 Å². The molecule has 0 spiro atoms. The number of hydrogen-bond acceptors (Lipinski definition) is 2. The highest BCUT2D eigenvalue weighted by molar-refractivity contribution is 14.0. The number of nitrogens with zero attached hydrogens (tertiary/aromatic N) is 2. The van der Waals surface area contributed by atoms with E-state index in [2.05, 4.69) is 60.2 Å². The molecule has 0 aromatic heterocycles. The Morgan fingerprint density at radius 3 is 2.42 bits per heavy atom. The van der Waals surface area contributed by atoms with E-state index in [1.807, 2.05) is 0 Å². The summed E-state index contributed by atoms with van der Waals surface area (Å²) in [5.74, 6) is 1.25. The summed E-state index contributed by atoms with van der Waals surface area (Å²) in [5.41, 5.74) is 8.67. The molecule has 3 N–H and O–H groups in total. The summed E-state index contributed by atoms with van der Waals surface area (Å²) < 4.78 is 0. The van der Waals surface area contributed by atoms with Gasteiger partial charge < -0.3 is 11.1 Å². The van der Waals surface area contributed by atoms with E-state index < -0.39 is 0 Å². The molecule has 1 aliphatic rings. The molecule has 4 nitrogen and oxygen atoms in total. The number of hydrogen-bond donors (Lipinski definition) is 2. The van der Waals surface area contributed by atoms with Crippen molar-refractivity contribution < 1.29 is 0 Å². The largest absolute Gasteiger partial charge is 0.370 e. The van der Waals surface area contributed by atoms with Crippen molar-refractivity contribution in [2.75, 3.05) is 26.2 Å². The molecule has 1 saturated heterocycles. The van der Waals surface area contributed by atoms with E-state index >= 15 is 0 Å². The van der Waals surface area contributed by atoms with Gasteiger partial charge in [0.15, 0.2) is 5.96 Å². The molecule has 2 rings (SSSR count). The molecule has 1 aromatic rings. The Hall–Kier alpha value is -0.820. The van der Waals surface area contributed by atoms with Gasteiger partial charge in [-0.2, -0.15) is 0 Å². The van der Waals surface area contributed by atoms with E-state index in [-0.39, 0.29) is 24.0 Å². The molecule has 1 aliphatic heterocycles. The van der Waals surface area contributed by atoms with Gasteiger partial charge in [-0.25, -0.2) is 0 Å². The van der Waals surface area contributed by atoms with Crippen LogP contribution in [0.1, 0.15) is 50.3 Å². The summed E-state index contributed by atoms with van der Waals surface area (Å²) in [6.07, 6.45) is 3.69. The Balaban J connectivity index is 0.00000288. The first-order chi connectivity index (χ1) is 11.1. The molecule has 0 amide bonds. The number of nitrogens with one attached hydrogen (secondary N) is 1. The highest BCUT2D eigenvalue weighted by Crippen LogP contribution is 2.25. The smallest absolute Gasteiger partial charge is 0.188 e. The lowest BCUT2D eigenvalue weighted by Crippen LogP contribution is -2.35. The summed E-state index contributed by atoms with van der Waals surface area (Å²) in [6.45, 7) is 10.5. The highest BCUT2D eigenvalue weighted by Gasteiger charge is 2.23. The molecule has 136 valence electrons. The van der Waals surface area contributed by atoms with Crippen molar-refractivity contribution >= 4 is 29.9 Å². The second-order valence-electron chi connectivity index (χ2n) is 7.00. The van der Waals surface area contributed by atoms with Crippen LogP contribution in [-0.2, 0) is 0 Å².